The Morgan fingerprint density at radius 2 is 2.56 bits per heavy atom. The van der Waals surface area contributed by atoms with Crippen LogP contribution in [-0.4, -0.2) is 18.7 Å². The summed E-state index contributed by atoms with van der Waals surface area (Å²) in [5.74, 6) is 0. The van der Waals surface area contributed by atoms with Gasteiger partial charge in [0.1, 0.15) is 11.1 Å². The second-order valence-corrected chi connectivity index (χ2v) is 4.81. The van der Waals surface area contributed by atoms with Crippen molar-refractivity contribution in [2.75, 3.05) is 13.7 Å². The Balaban J connectivity index is 2.19. The minimum Gasteiger partial charge on any atom is -0.378 e. The van der Waals surface area contributed by atoms with Crippen LogP contribution in [0.2, 0.25) is 0 Å². The highest BCUT2D eigenvalue weighted by Gasteiger charge is 2.23. The SMILES string of the molecule is COCc1nc(C2CCCO2)sc1CC#N. The summed E-state index contributed by atoms with van der Waals surface area (Å²) < 4.78 is 10.7. The molecular formula is C11H14N2O2S. The van der Waals surface area contributed by atoms with Gasteiger partial charge in [0.2, 0.25) is 0 Å². The lowest BCUT2D eigenvalue weighted by atomic mass is 10.2. The van der Waals surface area contributed by atoms with E-state index >= 15 is 0 Å². The third-order valence-electron chi connectivity index (χ3n) is 2.52. The maximum absolute atomic E-state index is 8.74. The zero-order valence-electron chi connectivity index (χ0n) is 9.23. The molecule has 1 saturated heterocycles. The Labute approximate surface area is 98.8 Å². The molecule has 5 heteroatoms. The second-order valence-electron chi connectivity index (χ2n) is 3.69. The van der Waals surface area contributed by atoms with E-state index in [-0.39, 0.29) is 6.10 Å². The first-order valence-electron chi connectivity index (χ1n) is 5.31. The number of nitrogens with zero attached hydrogens (tertiary/aromatic N) is 2. The number of nitriles is 1. The number of hydrogen-bond donors (Lipinski definition) is 0. The molecule has 16 heavy (non-hydrogen) atoms. The van der Waals surface area contributed by atoms with E-state index in [0.29, 0.717) is 13.0 Å². The average molecular weight is 238 g/mol. The fourth-order valence-electron chi connectivity index (χ4n) is 1.77. The molecular weight excluding hydrogens is 224 g/mol. The summed E-state index contributed by atoms with van der Waals surface area (Å²) in [6.07, 6.45) is 2.67. The molecule has 1 aromatic heterocycles. The minimum atomic E-state index is 0.132. The van der Waals surface area contributed by atoms with Crippen LogP contribution in [0.4, 0.5) is 0 Å². The van der Waals surface area contributed by atoms with E-state index in [2.05, 4.69) is 11.1 Å². The van der Waals surface area contributed by atoms with Gasteiger partial charge in [-0.3, -0.25) is 0 Å². The van der Waals surface area contributed by atoms with E-state index in [1.165, 1.54) is 0 Å². The van der Waals surface area contributed by atoms with Crippen molar-refractivity contribution in [3.8, 4) is 6.07 Å². The molecule has 0 aromatic carbocycles. The zero-order valence-corrected chi connectivity index (χ0v) is 10.0. The summed E-state index contributed by atoms with van der Waals surface area (Å²) in [6.45, 7) is 1.29. The van der Waals surface area contributed by atoms with Crippen LogP contribution >= 0.6 is 11.3 Å². The molecule has 1 fully saturated rings. The highest BCUT2D eigenvalue weighted by molar-refractivity contribution is 7.11. The molecule has 0 radical (unpaired) electrons. The summed E-state index contributed by atoms with van der Waals surface area (Å²) in [7, 11) is 1.64. The van der Waals surface area contributed by atoms with E-state index in [4.69, 9.17) is 14.7 Å². The zero-order chi connectivity index (χ0) is 11.4. The second kappa shape index (κ2) is 5.39. The molecule has 1 aliphatic heterocycles. The Morgan fingerprint density at radius 3 is 3.19 bits per heavy atom. The molecule has 0 saturated carbocycles. The molecule has 0 bridgehead atoms. The van der Waals surface area contributed by atoms with Crippen molar-refractivity contribution in [1.82, 2.24) is 4.98 Å². The van der Waals surface area contributed by atoms with Crippen molar-refractivity contribution in [1.29, 1.82) is 5.26 Å². The van der Waals surface area contributed by atoms with Gasteiger partial charge in [-0.15, -0.1) is 11.3 Å². The molecule has 2 rings (SSSR count). The molecule has 4 nitrogen and oxygen atoms in total. The van der Waals surface area contributed by atoms with Crippen molar-refractivity contribution in [3.63, 3.8) is 0 Å². The number of ether oxygens (including phenoxy) is 2. The number of hydrogen-bond acceptors (Lipinski definition) is 5. The third-order valence-corrected chi connectivity index (χ3v) is 3.71. The van der Waals surface area contributed by atoms with Crippen LogP contribution in [0.3, 0.4) is 0 Å². The first-order valence-corrected chi connectivity index (χ1v) is 6.12. The Bertz CT molecular complexity index is 391. The van der Waals surface area contributed by atoms with Gasteiger partial charge in [0.05, 0.1) is 24.8 Å². The number of thiazole rings is 1. The molecule has 1 aromatic rings. The molecule has 1 atom stereocenters. The highest BCUT2D eigenvalue weighted by atomic mass is 32.1. The fraction of sp³-hybridized carbons (Fsp3) is 0.636. The maximum atomic E-state index is 8.74. The molecule has 1 unspecified atom stereocenters. The van der Waals surface area contributed by atoms with Crippen LogP contribution in [0.5, 0.6) is 0 Å². The van der Waals surface area contributed by atoms with Gasteiger partial charge in [0.25, 0.3) is 0 Å². The van der Waals surface area contributed by atoms with Gasteiger partial charge in [-0.25, -0.2) is 4.98 Å². The van der Waals surface area contributed by atoms with Gasteiger partial charge in [-0.1, -0.05) is 0 Å². The summed E-state index contributed by atoms with van der Waals surface area (Å²) >= 11 is 1.58. The molecule has 0 aliphatic carbocycles. The molecule has 86 valence electrons. The largest absolute Gasteiger partial charge is 0.378 e. The van der Waals surface area contributed by atoms with Crippen molar-refractivity contribution in [3.05, 3.63) is 15.6 Å². The minimum absolute atomic E-state index is 0.132. The van der Waals surface area contributed by atoms with Crippen LogP contribution in [-0.2, 0) is 22.5 Å². The molecule has 0 N–H and O–H groups in total. The van der Waals surface area contributed by atoms with E-state index in [9.17, 15) is 0 Å². The van der Waals surface area contributed by atoms with Crippen molar-refractivity contribution < 1.29 is 9.47 Å². The summed E-state index contributed by atoms with van der Waals surface area (Å²) in [5, 5.41) is 9.74. The standard InChI is InChI=1S/C11H14N2O2S/c1-14-7-8-10(4-5-12)16-11(13-8)9-3-2-6-15-9/h9H,2-4,6-7H2,1H3. The molecule has 1 aliphatic rings. The Morgan fingerprint density at radius 1 is 1.69 bits per heavy atom. The normalized spacial score (nSPS) is 19.9. The van der Waals surface area contributed by atoms with Gasteiger partial charge >= 0.3 is 0 Å². The van der Waals surface area contributed by atoms with E-state index in [1.807, 2.05) is 0 Å². The lowest BCUT2D eigenvalue weighted by Crippen LogP contribution is -1.96. The lowest BCUT2D eigenvalue weighted by molar-refractivity contribution is 0.111. The maximum Gasteiger partial charge on any atom is 0.122 e. The first kappa shape index (κ1) is 11.5. The van der Waals surface area contributed by atoms with Gasteiger partial charge in [0, 0.05) is 18.6 Å². The van der Waals surface area contributed by atoms with Gasteiger partial charge < -0.3 is 9.47 Å². The molecule has 0 spiro atoms. The summed E-state index contributed by atoms with van der Waals surface area (Å²) in [4.78, 5) is 5.53. The lowest BCUT2D eigenvalue weighted by Gasteiger charge is -2.03. The summed E-state index contributed by atoms with van der Waals surface area (Å²) in [6, 6.07) is 2.16. The van der Waals surface area contributed by atoms with Crippen LogP contribution < -0.4 is 0 Å². The van der Waals surface area contributed by atoms with Crippen LogP contribution in [0.15, 0.2) is 0 Å². The van der Waals surface area contributed by atoms with E-state index in [1.54, 1.807) is 18.4 Å². The molecule has 0 amide bonds. The quantitative estimate of drug-likeness (QED) is 0.807. The Hall–Kier alpha value is -0.960. The predicted molar refractivity (Wildman–Crippen MR) is 60.1 cm³/mol. The van der Waals surface area contributed by atoms with Crippen LogP contribution in [0.25, 0.3) is 0 Å². The molecule has 2 heterocycles. The van der Waals surface area contributed by atoms with Gasteiger partial charge in [-0.2, -0.15) is 5.26 Å². The van der Waals surface area contributed by atoms with E-state index < -0.39 is 0 Å². The smallest absolute Gasteiger partial charge is 0.122 e. The van der Waals surface area contributed by atoms with Gasteiger partial charge in [0.15, 0.2) is 0 Å². The van der Waals surface area contributed by atoms with Crippen molar-refractivity contribution >= 4 is 11.3 Å². The van der Waals surface area contributed by atoms with Crippen molar-refractivity contribution in [2.24, 2.45) is 0 Å². The Kier molecular flexibility index (Phi) is 3.88. The monoisotopic (exact) mass is 238 g/mol. The number of methoxy groups -OCH3 is 1. The van der Waals surface area contributed by atoms with Crippen LogP contribution in [0.1, 0.15) is 34.5 Å². The fourth-order valence-corrected chi connectivity index (χ4v) is 2.86. The van der Waals surface area contributed by atoms with E-state index in [0.717, 1.165) is 35.0 Å². The average Bonchev–Trinajstić information content (AvgIpc) is 2.89. The number of aromatic nitrogens is 1. The third kappa shape index (κ3) is 2.40. The first-order chi connectivity index (χ1) is 7.85. The highest BCUT2D eigenvalue weighted by Crippen LogP contribution is 2.33. The predicted octanol–water partition coefficient (Wildman–Crippen LogP) is 2.21. The van der Waals surface area contributed by atoms with Crippen molar-refractivity contribution in [2.45, 2.75) is 32.0 Å². The number of rotatable bonds is 4. The summed E-state index contributed by atoms with van der Waals surface area (Å²) in [5.41, 5.74) is 0.888. The van der Waals surface area contributed by atoms with Gasteiger partial charge in [-0.05, 0) is 12.8 Å². The van der Waals surface area contributed by atoms with Crippen LogP contribution in [0, 0.1) is 11.3 Å². The topological polar surface area (TPSA) is 55.1 Å².